The molecule has 3 atom stereocenters. The minimum Gasteiger partial charge on any atom is -0.465 e. The number of rotatable bonds is 4. The van der Waals surface area contributed by atoms with Crippen LogP contribution in [0.15, 0.2) is 18.2 Å². The molecule has 2 rings (SSSR count). The number of carboxylic acid groups (broad SMARTS) is 1. The largest absolute Gasteiger partial charge is 0.465 e. The molecule has 1 aromatic carbocycles. The number of halogens is 3. The number of hydrogen-bond acceptors (Lipinski definition) is 3. The number of nitrogens with zero attached hydrogens (tertiary/aromatic N) is 1. The Labute approximate surface area is 136 Å². The van der Waals surface area contributed by atoms with Crippen LogP contribution in [-0.4, -0.2) is 54.0 Å². The Morgan fingerprint density at radius 3 is 2.83 bits per heavy atom. The summed E-state index contributed by atoms with van der Waals surface area (Å²) >= 11 is 5.64. The predicted molar refractivity (Wildman–Crippen MR) is 77.5 cm³/mol. The quantitative estimate of drug-likeness (QED) is 0.870. The Balaban J connectivity index is 2.11. The second-order valence-corrected chi connectivity index (χ2v) is 5.43. The molecule has 2 amide bonds. The van der Waals surface area contributed by atoms with E-state index in [2.05, 4.69) is 5.32 Å². The molecule has 126 valence electrons. The van der Waals surface area contributed by atoms with Crippen molar-refractivity contribution in [2.24, 2.45) is 0 Å². The topological polar surface area (TPSA) is 78.9 Å². The van der Waals surface area contributed by atoms with E-state index in [1.165, 1.54) is 25.3 Å². The van der Waals surface area contributed by atoms with Gasteiger partial charge in [0.25, 0.3) is 0 Å². The van der Waals surface area contributed by atoms with E-state index in [9.17, 15) is 18.4 Å². The lowest BCUT2D eigenvalue weighted by Gasteiger charge is -2.24. The fourth-order valence-corrected chi connectivity index (χ4v) is 2.71. The van der Waals surface area contributed by atoms with Gasteiger partial charge in [-0.3, -0.25) is 9.69 Å². The third-order valence-electron chi connectivity index (χ3n) is 3.65. The van der Waals surface area contributed by atoms with E-state index in [1.54, 1.807) is 0 Å². The number of amides is 2. The first-order valence-corrected chi connectivity index (χ1v) is 7.11. The number of likely N-dealkylation sites (tertiary alicyclic amines) is 1. The number of carbonyl (C=O) groups is 2. The van der Waals surface area contributed by atoms with Crippen molar-refractivity contribution in [1.29, 1.82) is 0 Å². The van der Waals surface area contributed by atoms with E-state index in [0.717, 1.165) is 0 Å². The molecule has 1 aliphatic rings. The summed E-state index contributed by atoms with van der Waals surface area (Å²) in [5.41, 5.74) is 0.136. The molecule has 1 aromatic rings. The molecule has 0 radical (unpaired) electrons. The van der Waals surface area contributed by atoms with Crippen molar-refractivity contribution in [3.8, 4) is 0 Å². The third-order valence-corrected chi connectivity index (χ3v) is 3.94. The van der Waals surface area contributed by atoms with E-state index < -0.39 is 42.7 Å². The van der Waals surface area contributed by atoms with Crippen LogP contribution >= 0.6 is 11.6 Å². The van der Waals surface area contributed by atoms with Crippen molar-refractivity contribution < 1.29 is 28.2 Å². The number of hydrogen-bond donors (Lipinski definition) is 2. The van der Waals surface area contributed by atoms with E-state index in [-0.39, 0.29) is 17.1 Å². The summed E-state index contributed by atoms with van der Waals surface area (Å²) in [6.45, 7) is -0.667. The molecule has 0 saturated carbocycles. The van der Waals surface area contributed by atoms with Crippen LogP contribution in [0.3, 0.4) is 0 Å². The minimum absolute atomic E-state index is 0.0941. The molecule has 1 saturated heterocycles. The first kappa shape index (κ1) is 17.4. The number of alkyl halides is 1. The molecule has 0 aliphatic carbocycles. The monoisotopic (exact) mass is 348 g/mol. The second kappa shape index (κ2) is 7.10. The summed E-state index contributed by atoms with van der Waals surface area (Å²) in [6, 6.07) is 2.97. The molecule has 0 aromatic heterocycles. The summed E-state index contributed by atoms with van der Waals surface area (Å²) in [5.74, 6) is -1.44. The van der Waals surface area contributed by atoms with Crippen molar-refractivity contribution in [2.45, 2.75) is 24.9 Å². The third kappa shape index (κ3) is 3.53. The minimum atomic E-state index is -1.62. The number of carbonyl (C=O) groups excluding carboxylic acids is 1. The first-order chi connectivity index (χ1) is 10.9. The number of benzene rings is 1. The van der Waals surface area contributed by atoms with Crippen molar-refractivity contribution >= 4 is 23.6 Å². The standard InChI is InChI=1S/C14H15ClF2N2O4/c1-23-12-9(16)6-19(14(21)22)11(12)13(20)18-5-7-3-2-4-8(15)10(7)17/h2-4,9,11-12H,5-6H2,1H3,(H,18,20)(H,21,22)/t9-,11-,12+/m0/s1. The van der Waals surface area contributed by atoms with E-state index in [1.807, 2.05) is 0 Å². The fraction of sp³-hybridized carbons (Fsp3) is 0.429. The SMILES string of the molecule is CO[C@H]1[C@@H](C(=O)NCc2cccc(Cl)c2F)N(C(=O)O)C[C@@H]1F. The van der Waals surface area contributed by atoms with Gasteiger partial charge in [-0.25, -0.2) is 13.6 Å². The van der Waals surface area contributed by atoms with Gasteiger partial charge >= 0.3 is 6.09 Å². The Morgan fingerprint density at radius 2 is 2.22 bits per heavy atom. The zero-order valence-corrected chi connectivity index (χ0v) is 12.9. The average molecular weight is 349 g/mol. The molecule has 2 N–H and O–H groups in total. The van der Waals surface area contributed by atoms with Gasteiger partial charge in [0.05, 0.1) is 11.6 Å². The Bertz CT molecular complexity index is 616. The van der Waals surface area contributed by atoms with Crippen LogP contribution in [0.2, 0.25) is 5.02 Å². The molecular weight excluding hydrogens is 334 g/mol. The van der Waals surface area contributed by atoms with Crippen LogP contribution in [0.4, 0.5) is 13.6 Å². The van der Waals surface area contributed by atoms with Gasteiger partial charge in [0.1, 0.15) is 24.1 Å². The summed E-state index contributed by atoms with van der Waals surface area (Å²) in [4.78, 5) is 24.0. The number of methoxy groups -OCH3 is 1. The first-order valence-electron chi connectivity index (χ1n) is 6.73. The summed E-state index contributed by atoms with van der Waals surface area (Å²) in [5, 5.41) is 11.4. The van der Waals surface area contributed by atoms with Crippen molar-refractivity contribution in [3.05, 3.63) is 34.6 Å². The van der Waals surface area contributed by atoms with Crippen molar-refractivity contribution in [1.82, 2.24) is 10.2 Å². The molecule has 1 aliphatic heterocycles. The summed E-state index contributed by atoms with van der Waals surface area (Å²) in [7, 11) is 1.19. The van der Waals surface area contributed by atoms with Crippen LogP contribution in [0.1, 0.15) is 5.56 Å². The lowest BCUT2D eigenvalue weighted by molar-refractivity contribution is -0.128. The average Bonchev–Trinajstić information content (AvgIpc) is 2.85. The van der Waals surface area contributed by atoms with Gasteiger partial charge < -0.3 is 15.2 Å². The zero-order valence-electron chi connectivity index (χ0n) is 12.1. The molecule has 0 bridgehead atoms. The molecular formula is C14H15ClF2N2O4. The van der Waals surface area contributed by atoms with Gasteiger partial charge in [0.2, 0.25) is 5.91 Å². The summed E-state index contributed by atoms with van der Waals surface area (Å²) < 4.78 is 32.5. The van der Waals surface area contributed by atoms with Gasteiger partial charge in [0, 0.05) is 19.2 Å². The maximum Gasteiger partial charge on any atom is 0.408 e. The number of ether oxygens (including phenoxy) is 1. The van der Waals surface area contributed by atoms with Gasteiger partial charge in [-0.2, -0.15) is 0 Å². The van der Waals surface area contributed by atoms with Gasteiger partial charge in [-0.05, 0) is 6.07 Å². The van der Waals surface area contributed by atoms with Gasteiger partial charge in [-0.1, -0.05) is 23.7 Å². The summed E-state index contributed by atoms with van der Waals surface area (Å²) in [6.07, 6.45) is -4.26. The van der Waals surface area contributed by atoms with Crippen molar-refractivity contribution in [3.63, 3.8) is 0 Å². The lowest BCUT2D eigenvalue weighted by atomic mass is 10.1. The van der Waals surface area contributed by atoms with Crippen molar-refractivity contribution in [2.75, 3.05) is 13.7 Å². The highest BCUT2D eigenvalue weighted by atomic mass is 35.5. The highest BCUT2D eigenvalue weighted by Crippen LogP contribution is 2.24. The highest BCUT2D eigenvalue weighted by Gasteiger charge is 2.48. The molecule has 0 spiro atoms. The van der Waals surface area contributed by atoms with Crippen LogP contribution < -0.4 is 5.32 Å². The van der Waals surface area contributed by atoms with Gasteiger partial charge in [-0.15, -0.1) is 0 Å². The fourth-order valence-electron chi connectivity index (χ4n) is 2.52. The molecule has 1 fully saturated rings. The van der Waals surface area contributed by atoms with E-state index in [4.69, 9.17) is 21.4 Å². The molecule has 6 nitrogen and oxygen atoms in total. The molecule has 23 heavy (non-hydrogen) atoms. The molecule has 9 heteroatoms. The van der Waals surface area contributed by atoms with Crippen LogP contribution in [0.5, 0.6) is 0 Å². The Hall–Kier alpha value is -1.93. The van der Waals surface area contributed by atoms with Gasteiger partial charge in [0.15, 0.2) is 0 Å². The smallest absolute Gasteiger partial charge is 0.408 e. The normalized spacial score (nSPS) is 23.8. The molecule has 0 unspecified atom stereocenters. The van der Waals surface area contributed by atoms with E-state index >= 15 is 0 Å². The lowest BCUT2D eigenvalue weighted by Crippen LogP contribution is -2.50. The Kier molecular flexibility index (Phi) is 5.38. The predicted octanol–water partition coefficient (Wildman–Crippen LogP) is 1.81. The Morgan fingerprint density at radius 1 is 1.52 bits per heavy atom. The maximum atomic E-state index is 13.8. The zero-order chi connectivity index (χ0) is 17.1. The second-order valence-electron chi connectivity index (χ2n) is 5.03. The molecule has 1 heterocycles. The number of nitrogens with one attached hydrogen (secondary N) is 1. The maximum absolute atomic E-state index is 13.8. The van der Waals surface area contributed by atoms with Crippen LogP contribution in [-0.2, 0) is 16.1 Å². The highest BCUT2D eigenvalue weighted by molar-refractivity contribution is 6.30. The van der Waals surface area contributed by atoms with Crippen LogP contribution in [0, 0.1) is 5.82 Å². The van der Waals surface area contributed by atoms with E-state index in [0.29, 0.717) is 4.90 Å². The van der Waals surface area contributed by atoms with Crippen LogP contribution in [0.25, 0.3) is 0 Å².